The van der Waals surface area contributed by atoms with Crippen molar-refractivity contribution < 1.29 is 13.9 Å². The Morgan fingerprint density at radius 1 is 1.26 bits per heavy atom. The molecule has 0 amide bonds. The molecule has 1 aromatic carbocycles. The van der Waals surface area contributed by atoms with Crippen molar-refractivity contribution in [3.63, 3.8) is 0 Å². The van der Waals surface area contributed by atoms with Gasteiger partial charge in [-0.25, -0.2) is 9.78 Å². The lowest BCUT2D eigenvalue weighted by molar-refractivity contribution is 0.0563. The number of methoxy groups -OCH3 is 1. The maximum Gasteiger partial charge on any atom is 0.373 e. The first-order valence-electron chi connectivity index (χ1n) is 7.97. The lowest BCUT2D eigenvalue weighted by atomic mass is 10.2. The van der Waals surface area contributed by atoms with Crippen LogP contribution >= 0.6 is 22.9 Å². The molecule has 0 bridgehead atoms. The zero-order chi connectivity index (χ0) is 19.0. The fraction of sp³-hybridized carbons (Fsp3) is 0.105. The molecule has 3 aromatic heterocycles. The molecule has 6 nitrogen and oxygen atoms in total. The summed E-state index contributed by atoms with van der Waals surface area (Å²) in [6.07, 6.45) is 1.48. The first kappa shape index (κ1) is 17.5. The highest BCUT2D eigenvalue weighted by molar-refractivity contribution is 7.22. The topological polar surface area (TPSA) is 74.3 Å². The van der Waals surface area contributed by atoms with Crippen LogP contribution in [0.25, 0.3) is 20.7 Å². The second kappa shape index (κ2) is 7.02. The SMILES string of the molecule is COC(=O)c1ccc(Cn2cnc3cc(-c4ccc(Cl)cc4)sc3c2=O)o1. The molecule has 0 spiro atoms. The Bertz CT molecular complexity index is 1190. The van der Waals surface area contributed by atoms with Crippen LogP contribution in [0.2, 0.25) is 5.02 Å². The van der Waals surface area contributed by atoms with Gasteiger partial charge in [-0.3, -0.25) is 9.36 Å². The largest absolute Gasteiger partial charge is 0.463 e. The third-order valence-corrected chi connectivity index (χ3v) is 5.42. The van der Waals surface area contributed by atoms with E-state index in [1.54, 1.807) is 6.07 Å². The molecular weight excluding hydrogens is 388 g/mol. The summed E-state index contributed by atoms with van der Waals surface area (Å²) in [7, 11) is 1.28. The molecule has 0 saturated heterocycles. The van der Waals surface area contributed by atoms with Gasteiger partial charge in [0.1, 0.15) is 10.5 Å². The summed E-state index contributed by atoms with van der Waals surface area (Å²) in [4.78, 5) is 29.6. The monoisotopic (exact) mass is 400 g/mol. The number of ether oxygens (including phenoxy) is 1. The van der Waals surface area contributed by atoms with Crippen molar-refractivity contribution in [3.8, 4) is 10.4 Å². The molecule has 0 aliphatic carbocycles. The predicted octanol–water partition coefficient (Wildman–Crippen LogP) is 4.21. The predicted molar refractivity (Wildman–Crippen MR) is 103 cm³/mol. The molecule has 27 heavy (non-hydrogen) atoms. The maximum atomic E-state index is 12.8. The molecule has 0 saturated carbocycles. The number of carbonyl (C=O) groups is 1. The fourth-order valence-corrected chi connectivity index (χ4v) is 3.85. The zero-order valence-corrected chi connectivity index (χ0v) is 15.7. The summed E-state index contributed by atoms with van der Waals surface area (Å²) in [5.74, 6) is -0.00287. The molecule has 0 atom stereocenters. The highest BCUT2D eigenvalue weighted by Crippen LogP contribution is 2.31. The molecule has 0 unspecified atom stereocenters. The number of nitrogens with zero attached hydrogens (tertiary/aromatic N) is 2. The molecule has 4 aromatic rings. The molecule has 136 valence electrons. The van der Waals surface area contributed by atoms with Crippen molar-refractivity contribution in [2.45, 2.75) is 6.54 Å². The number of fused-ring (bicyclic) bond motifs is 1. The highest BCUT2D eigenvalue weighted by Gasteiger charge is 2.14. The molecule has 0 fully saturated rings. The van der Waals surface area contributed by atoms with Gasteiger partial charge in [-0.15, -0.1) is 11.3 Å². The Kier molecular flexibility index (Phi) is 4.55. The van der Waals surface area contributed by atoms with Gasteiger partial charge in [0.2, 0.25) is 5.76 Å². The van der Waals surface area contributed by atoms with E-state index < -0.39 is 5.97 Å². The normalized spacial score (nSPS) is 11.0. The van der Waals surface area contributed by atoms with E-state index >= 15 is 0 Å². The Morgan fingerprint density at radius 3 is 2.78 bits per heavy atom. The first-order chi connectivity index (χ1) is 13.0. The maximum absolute atomic E-state index is 12.8. The van der Waals surface area contributed by atoms with E-state index in [9.17, 15) is 9.59 Å². The van der Waals surface area contributed by atoms with Gasteiger partial charge in [0.25, 0.3) is 5.56 Å². The van der Waals surface area contributed by atoms with E-state index in [0.717, 1.165) is 10.4 Å². The van der Waals surface area contributed by atoms with Crippen LogP contribution in [0.5, 0.6) is 0 Å². The van der Waals surface area contributed by atoms with Crippen LogP contribution in [-0.4, -0.2) is 22.6 Å². The van der Waals surface area contributed by atoms with Crippen molar-refractivity contribution in [3.05, 3.63) is 75.7 Å². The average Bonchev–Trinajstić information content (AvgIpc) is 3.31. The Morgan fingerprint density at radius 2 is 2.04 bits per heavy atom. The van der Waals surface area contributed by atoms with Gasteiger partial charge in [-0.05, 0) is 35.9 Å². The van der Waals surface area contributed by atoms with Gasteiger partial charge < -0.3 is 9.15 Å². The lowest BCUT2D eigenvalue weighted by Crippen LogP contribution is -2.19. The highest BCUT2D eigenvalue weighted by atomic mass is 35.5. The number of thiophene rings is 1. The number of hydrogen-bond acceptors (Lipinski definition) is 6. The van der Waals surface area contributed by atoms with Crippen molar-refractivity contribution >= 4 is 39.1 Å². The molecule has 0 radical (unpaired) electrons. The van der Waals surface area contributed by atoms with Crippen LogP contribution in [0, 0.1) is 0 Å². The van der Waals surface area contributed by atoms with Crippen LogP contribution in [0.1, 0.15) is 16.3 Å². The fourth-order valence-electron chi connectivity index (χ4n) is 2.66. The molecule has 4 rings (SSSR count). The van der Waals surface area contributed by atoms with Crippen LogP contribution in [0.4, 0.5) is 0 Å². The number of hydrogen-bond donors (Lipinski definition) is 0. The summed E-state index contributed by atoms with van der Waals surface area (Å²) < 4.78 is 12.0. The summed E-state index contributed by atoms with van der Waals surface area (Å²) in [5, 5.41) is 0.658. The summed E-state index contributed by atoms with van der Waals surface area (Å²) in [6.45, 7) is 0.174. The number of esters is 1. The molecule has 0 N–H and O–H groups in total. The van der Waals surface area contributed by atoms with Gasteiger partial charge in [0.05, 0.1) is 25.5 Å². The van der Waals surface area contributed by atoms with Crippen molar-refractivity contribution in [2.24, 2.45) is 0 Å². The Balaban J connectivity index is 1.68. The first-order valence-corrected chi connectivity index (χ1v) is 9.16. The van der Waals surface area contributed by atoms with E-state index in [2.05, 4.69) is 9.72 Å². The number of benzene rings is 1. The third-order valence-electron chi connectivity index (χ3n) is 4.01. The smallest absolute Gasteiger partial charge is 0.373 e. The van der Waals surface area contributed by atoms with Crippen LogP contribution in [0.3, 0.4) is 0 Å². The van der Waals surface area contributed by atoms with E-state index in [-0.39, 0.29) is 17.9 Å². The van der Waals surface area contributed by atoms with E-state index in [4.69, 9.17) is 16.0 Å². The minimum atomic E-state index is -0.562. The summed E-state index contributed by atoms with van der Waals surface area (Å²) in [5.41, 5.74) is 1.45. The van der Waals surface area contributed by atoms with Gasteiger partial charge in [0.15, 0.2) is 0 Å². The van der Waals surface area contributed by atoms with Crippen molar-refractivity contribution in [1.29, 1.82) is 0 Å². The van der Waals surface area contributed by atoms with E-state index in [1.165, 1.54) is 35.4 Å². The minimum Gasteiger partial charge on any atom is -0.463 e. The van der Waals surface area contributed by atoms with Crippen molar-refractivity contribution in [1.82, 2.24) is 9.55 Å². The minimum absolute atomic E-state index is 0.0933. The van der Waals surface area contributed by atoms with Crippen LogP contribution in [0.15, 0.2) is 58.0 Å². The summed E-state index contributed by atoms with van der Waals surface area (Å²) >= 11 is 7.31. The number of furan rings is 1. The molecule has 3 heterocycles. The van der Waals surface area contributed by atoms with Crippen LogP contribution in [-0.2, 0) is 11.3 Å². The molecule has 0 aliphatic rings. The second-order valence-electron chi connectivity index (χ2n) is 5.77. The van der Waals surface area contributed by atoms with Gasteiger partial charge >= 0.3 is 5.97 Å². The van der Waals surface area contributed by atoms with Gasteiger partial charge in [-0.2, -0.15) is 0 Å². The van der Waals surface area contributed by atoms with E-state index in [1.807, 2.05) is 30.3 Å². The molecule has 8 heteroatoms. The zero-order valence-electron chi connectivity index (χ0n) is 14.1. The number of aromatic nitrogens is 2. The number of carbonyl (C=O) groups excluding carboxylic acids is 1. The van der Waals surface area contributed by atoms with E-state index in [0.29, 0.717) is 21.0 Å². The van der Waals surface area contributed by atoms with Crippen molar-refractivity contribution in [2.75, 3.05) is 7.11 Å². The van der Waals surface area contributed by atoms with Crippen LogP contribution < -0.4 is 5.56 Å². The Labute approximate surface area is 162 Å². The molecule has 0 aliphatic heterocycles. The van der Waals surface area contributed by atoms with Gasteiger partial charge in [-0.1, -0.05) is 23.7 Å². The Hall–Kier alpha value is -2.90. The standard InChI is InChI=1S/C19H13ClN2O4S/c1-25-19(24)15-7-6-13(26-15)9-22-10-21-14-8-16(27-17(14)18(22)23)11-2-4-12(20)5-3-11/h2-8,10H,9H2,1H3. The number of halogens is 1. The summed E-state index contributed by atoms with van der Waals surface area (Å²) in [6, 6.07) is 12.5. The average molecular weight is 401 g/mol. The number of rotatable bonds is 4. The van der Waals surface area contributed by atoms with Gasteiger partial charge in [0, 0.05) is 9.90 Å². The lowest BCUT2D eigenvalue weighted by Gasteiger charge is -2.02. The quantitative estimate of drug-likeness (QED) is 0.480. The second-order valence-corrected chi connectivity index (χ2v) is 7.26. The molecular formula is C19H13ClN2O4S. The third kappa shape index (κ3) is 3.39.